The minimum absolute atomic E-state index is 0.178. The molecule has 1 aliphatic heterocycles. The number of hydrogen-bond donors (Lipinski definition) is 1. The molecule has 1 saturated heterocycles. The minimum atomic E-state index is -4.27. The Morgan fingerprint density at radius 3 is 2.00 bits per heavy atom. The third-order valence-electron chi connectivity index (χ3n) is 4.10. The highest BCUT2D eigenvalue weighted by Crippen LogP contribution is 2.15. The Labute approximate surface area is 133 Å². The predicted octanol–water partition coefficient (Wildman–Crippen LogP) is 1.90. The van der Waals surface area contributed by atoms with Crippen molar-refractivity contribution in [1.82, 2.24) is 0 Å². The summed E-state index contributed by atoms with van der Waals surface area (Å²) in [4.78, 5) is -0.178. The Kier molecular flexibility index (Phi) is 7.48. The molecule has 0 bridgehead atoms. The number of nitrogens with zero attached hydrogens (tertiary/aromatic N) is 1. The number of aryl methyl sites for hydroxylation is 1. The van der Waals surface area contributed by atoms with Gasteiger partial charge in [-0.1, -0.05) is 17.7 Å². The van der Waals surface area contributed by atoms with Crippen molar-refractivity contribution in [3.8, 4) is 0 Å². The molecule has 0 spiro atoms. The van der Waals surface area contributed by atoms with Gasteiger partial charge in [0.2, 0.25) is 0 Å². The second-order valence-electron chi connectivity index (χ2n) is 6.20. The molecule has 1 aliphatic rings. The SMILES string of the molecule is C[N+]1(CCO)CCCCCC1.Cc1ccc(S(=O)(=O)[O-])cc1. The van der Waals surface area contributed by atoms with E-state index in [1.807, 2.05) is 6.92 Å². The van der Waals surface area contributed by atoms with Gasteiger partial charge in [0.1, 0.15) is 16.7 Å². The number of aliphatic hydroxyl groups excluding tert-OH is 1. The molecule has 1 aromatic rings. The van der Waals surface area contributed by atoms with Crippen LogP contribution in [0.25, 0.3) is 0 Å². The minimum Gasteiger partial charge on any atom is -0.744 e. The van der Waals surface area contributed by atoms with Crippen LogP contribution in [-0.4, -0.2) is 55.8 Å². The molecular weight excluding hydrogens is 302 g/mol. The van der Waals surface area contributed by atoms with E-state index in [1.165, 1.54) is 50.9 Å². The summed E-state index contributed by atoms with van der Waals surface area (Å²) in [5.41, 5.74) is 0.928. The first-order valence-corrected chi connectivity index (χ1v) is 9.15. The third-order valence-corrected chi connectivity index (χ3v) is 4.94. The van der Waals surface area contributed by atoms with E-state index < -0.39 is 10.1 Å². The average molecular weight is 329 g/mol. The maximum absolute atomic E-state index is 10.4. The monoisotopic (exact) mass is 329 g/mol. The van der Waals surface area contributed by atoms with Crippen LogP contribution >= 0.6 is 0 Å². The van der Waals surface area contributed by atoms with E-state index in [1.54, 1.807) is 12.1 Å². The summed E-state index contributed by atoms with van der Waals surface area (Å²) in [7, 11) is -2.00. The number of aliphatic hydroxyl groups is 1. The van der Waals surface area contributed by atoms with Gasteiger partial charge in [-0.3, -0.25) is 0 Å². The zero-order valence-corrected chi connectivity index (χ0v) is 14.3. The Morgan fingerprint density at radius 1 is 1.09 bits per heavy atom. The van der Waals surface area contributed by atoms with Crippen LogP contribution < -0.4 is 0 Å². The second-order valence-corrected chi connectivity index (χ2v) is 7.57. The van der Waals surface area contributed by atoms with Gasteiger partial charge in [0, 0.05) is 0 Å². The Morgan fingerprint density at radius 2 is 1.59 bits per heavy atom. The van der Waals surface area contributed by atoms with Gasteiger partial charge in [0.15, 0.2) is 0 Å². The molecule has 0 radical (unpaired) electrons. The Balaban J connectivity index is 0.000000220. The summed E-state index contributed by atoms with van der Waals surface area (Å²) in [6, 6.07) is 5.78. The van der Waals surface area contributed by atoms with Crippen molar-refractivity contribution >= 4 is 10.1 Å². The highest BCUT2D eigenvalue weighted by molar-refractivity contribution is 7.85. The van der Waals surface area contributed by atoms with Gasteiger partial charge in [-0.05, 0) is 44.7 Å². The topological polar surface area (TPSA) is 77.4 Å². The lowest BCUT2D eigenvalue weighted by Crippen LogP contribution is -2.46. The molecule has 1 aromatic carbocycles. The normalized spacial score (nSPS) is 18.0. The first-order valence-electron chi connectivity index (χ1n) is 7.74. The van der Waals surface area contributed by atoms with Crippen molar-refractivity contribution in [2.45, 2.75) is 37.5 Å². The molecule has 0 aromatic heterocycles. The third kappa shape index (κ3) is 6.87. The fourth-order valence-electron chi connectivity index (χ4n) is 2.62. The molecule has 0 unspecified atom stereocenters. The molecule has 1 fully saturated rings. The Hall–Kier alpha value is -0.950. The summed E-state index contributed by atoms with van der Waals surface area (Å²) in [6.07, 6.45) is 5.46. The van der Waals surface area contributed by atoms with Gasteiger partial charge in [-0.2, -0.15) is 0 Å². The van der Waals surface area contributed by atoms with E-state index in [0.717, 1.165) is 16.6 Å². The lowest BCUT2D eigenvalue weighted by Gasteiger charge is -2.32. The molecule has 0 atom stereocenters. The van der Waals surface area contributed by atoms with Gasteiger partial charge in [0.05, 0.1) is 31.6 Å². The lowest BCUT2D eigenvalue weighted by molar-refractivity contribution is -0.909. The van der Waals surface area contributed by atoms with Crippen LogP contribution in [0, 0.1) is 6.92 Å². The zero-order chi connectivity index (χ0) is 16.6. The number of quaternary nitrogens is 1. The summed E-state index contributed by atoms with van der Waals surface area (Å²) in [5, 5.41) is 8.86. The molecule has 6 heteroatoms. The number of rotatable bonds is 3. The van der Waals surface area contributed by atoms with Gasteiger partial charge >= 0.3 is 0 Å². The molecule has 0 saturated carbocycles. The molecule has 2 rings (SSSR count). The van der Waals surface area contributed by atoms with E-state index in [9.17, 15) is 13.0 Å². The molecule has 5 nitrogen and oxygen atoms in total. The fourth-order valence-corrected chi connectivity index (χ4v) is 3.09. The van der Waals surface area contributed by atoms with E-state index in [4.69, 9.17) is 5.11 Å². The van der Waals surface area contributed by atoms with Gasteiger partial charge in [-0.15, -0.1) is 0 Å². The van der Waals surface area contributed by atoms with Crippen molar-refractivity contribution in [2.24, 2.45) is 0 Å². The molecule has 0 amide bonds. The predicted molar refractivity (Wildman–Crippen MR) is 85.5 cm³/mol. The van der Waals surface area contributed by atoms with Crippen LogP contribution in [0.1, 0.15) is 31.2 Å². The zero-order valence-electron chi connectivity index (χ0n) is 13.5. The van der Waals surface area contributed by atoms with Crippen molar-refractivity contribution in [2.75, 3.05) is 33.3 Å². The van der Waals surface area contributed by atoms with Crippen LogP contribution in [0.15, 0.2) is 29.2 Å². The first kappa shape index (κ1) is 19.1. The van der Waals surface area contributed by atoms with E-state index >= 15 is 0 Å². The lowest BCUT2D eigenvalue weighted by atomic mass is 10.2. The van der Waals surface area contributed by atoms with Crippen molar-refractivity contribution in [3.63, 3.8) is 0 Å². The molecule has 1 heterocycles. The Bertz CT molecular complexity index is 532. The fraction of sp³-hybridized carbons (Fsp3) is 0.625. The van der Waals surface area contributed by atoms with Crippen LogP contribution in [0.2, 0.25) is 0 Å². The largest absolute Gasteiger partial charge is 0.744 e. The van der Waals surface area contributed by atoms with E-state index in [-0.39, 0.29) is 4.90 Å². The van der Waals surface area contributed by atoms with Crippen molar-refractivity contribution < 1.29 is 22.6 Å². The number of likely N-dealkylation sites (tertiary alicyclic amines) is 1. The molecule has 22 heavy (non-hydrogen) atoms. The quantitative estimate of drug-likeness (QED) is 0.679. The van der Waals surface area contributed by atoms with E-state index in [2.05, 4.69) is 7.05 Å². The van der Waals surface area contributed by atoms with Crippen LogP contribution in [0.5, 0.6) is 0 Å². The summed E-state index contributed by atoms with van der Waals surface area (Å²) < 4.78 is 32.3. The van der Waals surface area contributed by atoms with Gasteiger partial charge < -0.3 is 14.1 Å². The highest BCUT2D eigenvalue weighted by Gasteiger charge is 2.21. The highest BCUT2D eigenvalue weighted by atomic mass is 32.2. The summed E-state index contributed by atoms with van der Waals surface area (Å²) in [5.74, 6) is 0. The average Bonchev–Trinajstić information content (AvgIpc) is 2.64. The van der Waals surface area contributed by atoms with Crippen molar-refractivity contribution in [1.29, 1.82) is 0 Å². The summed E-state index contributed by atoms with van der Waals surface area (Å²) in [6.45, 7) is 5.64. The summed E-state index contributed by atoms with van der Waals surface area (Å²) >= 11 is 0. The maximum atomic E-state index is 10.4. The van der Waals surface area contributed by atoms with Crippen LogP contribution in [0.3, 0.4) is 0 Å². The van der Waals surface area contributed by atoms with Crippen LogP contribution in [0.4, 0.5) is 0 Å². The van der Waals surface area contributed by atoms with Gasteiger partial charge in [-0.25, -0.2) is 8.42 Å². The number of hydrogen-bond acceptors (Lipinski definition) is 4. The smallest absolute Gasteiger partial charge is 0.124 e. The molecule has 0 aliphatic carbocycles. The molecule has 1 N–H and O–H groups in total. The van der Waals surface area contributed by atoms with Crippen molar-refractivity contribution in [3.05, 3.63) is 29.8 Å². The molecular formula is C16H27NO4S. The maximum Gasteiger partial charge on any atom is 0.124 e. The number of benzene rings is 1. The number of likely N-dealkylation sites (N-methyl/N-ethyl adjacent to an activating group) is 1. The van der Waals surface area contributed by atoms with Crippen LogP contribution in [-0.2, 0) is 10.1 Å². The standard InChI is InChI=1S/C9H20NO.C7H8O3S/c1-10(8-9-11)6-4-2-3-5-7-10;1-6-2-4-7(5-3-6)11(8,9)10/h11H,2-9H2,1H3;2-5H,1H3,(H,8,9,10)/q+1;/p-1. The second kappa shape index (κ2) is 8.62. The van der Waals surface area contributed by atoms with Gasteiger partial charge in [0.25, 0.3) is 0 Å². The molecule has 126 valence electrons. The first-order chi connectivity index (χ1) is 10.3. The van der Waals surface area contributed by atoms with E-state index in [0.29, 0.717) is 6.61 Å².